The molecule has 7 aromatic heterocycles. The Morgan fingerprint density at radius 1 is 0.214 bits per heavy atom. The van der Waals surface area contributed by atoms with E-state index in [2.05, 4.69) is 215 Å². The van der Waals surface area contributed by atoms with Crippen LogP contribution in [-0.2, 0) is 0 Å². The van der Waals surface area contributed by atoms with E-state index in [0.717, 1.165) is 187 Å². The number of pyridine rings is 1. The molecule has 0 radical (unpaired) electrons. The van der Waals surface area contributed by atoms with E-state index in [1.165, 1.54) is 0 Å². The summed E-state index contributed by atoms with van der Waals surface area (Å²) < 4.78 is 29.7. The Morgan fingerprint density at radius 3 is 0.774 bits per heavy atom. The lowest BCUT2D eigenvalue weighted by atomic mass is 9.98. The van der Waals surface area contributed by atoms with Crippen LogP contribution < -0.4 is 0 Å². The molecular formula is C77H43N3O4. The van der Waals surface area contributed by atoms with Crippen LogP contribution in [0, 0.1) is 0 Å². The first-order valence-corrected chi connectivity index (χ1v) is 28.4. The molecule has 390 valence electrons. The standard InChI is InChI=1S/C77H43N3O4/c1-5-13-69-53(9-1)61-39-48(21-30-73(61)81-69)44-17-26-65-57(35-44)58-36-45(49-22-31-74-62(40-49)54-10-2-6-14-70(54)82-74)18-27-66(58)79(65)52-25-34-77(78-43-52)80-67-28-19-46(50-23-32-75-63(41-50)55-11-3-7-15-71(55)83-75)37-59(67)60-38-47(20-29-68(60)80)51-24-33-76-64(42-51)56-12-4-8-16-72(56)84-76/h1-43H. The van der Waals surface area contributed by atoms with Crippen molar-refractivity contribution in [3.05, 3.63) is 261 Å². The fourth-order valence-corrected chi connectivity index (χ4v) is 13.6. The van der Waals surface area contributed by atoms with Crippen molar-refractivity contribution in [2.45, 2.75) is 0 Å². The Bertz CT molecular complexity index is 5290. The highest BCUT2D eigenvalue weighted by Crippen LogP contribution is 2.43. The van der Waals surface area contributed by atoms with Gasteiger partial charge in [0.2, 0.25) is 0 Å². The largest absolute Gasteiger partial charge is 0.456 e. The lowest BCUT2D eigenvalue weighted by Crippen LogP contribution is -2.00. The van der Waals surface area contributed by atoms with Gasteiger partial charge in [-0.15, -0.1) is 0 Å². The van der Waals surface area contributed by atoms with Crippen LogP contribution in [0.1, 0.15) is 0 Å². The Morgan fingerprint density at radius 2 is 0.476 bits per heavy atom. The highest BCUT2D eigenvalue weighted by Gasteiger charge is 2.21. The molecule has 0 fully saturated rings. The number of fused-ring (bicyclic) bond motifs is 18. The molecule has 0 N–H and O–H groups in total. The van der Waals surface area contributed by atoms with E-state index in [4.69, 9.17) is 22.7 Å². The van der Waals surface area contributed by atoms with E-state index in [9.17, 15) is 0 Å². The minimum absolute atomic E-state index is 0.825. The molecule has 0 saturated carbocycles. The summed E-state index contributed by atoms with van der Waals surface area (Å²) in [6.45, 7) is 0. The molecule has 19 rings (SSSR count). The molecule has 7 heteroatoms. The number of hydrogen-bond acceptors (Lipinski definition) is 5. The number of hydrogen-bond donors (Lipinski definition) is 0. The zero-order chi connectivity index (χ0) is 54.7. The Kier molecular flexibility index (Phi) is 9.21. The van der Waals surface area contributed by atoms with Crippen LogP contribution in [0.5, 0.6) is 0 Å². The molecular weight excluding hydrogens is 1030 g/mol. The van der Waals surface area contributed by atoms with Gasteiger partial charge in [0.15, 0.2) is 0 Å². The average Bonchev–Trinajstić information content (AvgIpc) is 4.41. The van der Waals surface area contributed by atoms with Crippen LogP contribution in [0.3, 0.4) is 0 Å². The van der Waals surface area contributed by atoms with Gasteiger partial charge in [-0.25, -0.2) is 4.98 Å². The minimum Gasteiger partial charge on any atom is -0.456 e. The summed E-state index contributed by atoms with van der Waals surface area (Å²) in [6.07, 6.45) is 2.03. The van der Waals surface area contributed by atoms with Crippen molar-refractivity contribution in [3.63, 3.8) is 0 Å². The molecule has 0 atom stereocenters. The fourth-order valence-electron chi connectivity index (χ4n) is 13.6. The predicted octanol–water partition coefficient (Wildman–Crippen LogP) is 21.5. The summed E-state index contributed by atoms with van der Waals surface area (Å²) >= 11 is 0. The van der Waals surface area contributed by atoms with Crippen LogP contribution in [0.25, 0.3) is 187 Å². The maximum Gasteiger partial charge on any atom is 0.137 e. The summed E-state index contributed by atoms with van der Waals surface area (Å²) in [5.41, 5.74) is 21.4. The molecule has 0 amide bonds. The molecule has 7 heterocycles. The highest BCUT2D eigenvalue weighted by atomic mass is 16.3. The van der Waals surface area contributed by atoms with Crippen LogP contribution >= 0.6 is 0 Å². The van der Waals surface area contributed by atoms with Gasteiger partial charge >= 0.3 is 0 Å². The fraction of sp³-hybridized carbons (Fsp3) is 0. The number of para-hydroxylation sites is 4. The molecule has 19 aromatic rings. The lowest BCUT2D eigenvalue weighted by Gasteiger charge is -2.12. The van der Waals surface area contributed by atoms with Crippen LogP contribution in [0.2, 0.25) is 0 Å². The van der Waals surface area contributed by atoms with Gasteiger partial charge in [0.25, 0.3) is 0 Å². The molecule has 84 heavy (non-hydrogen) atoms. The van der Waals surface area contributed by atoms with E-state index in [1.54, 1.807) is 0 Å². The number of benzene rings is 12. The van der Waals surface area contributed by atoms with Crippen molar-refractivity contribution < 1.29 is 17.7 Å². The molecule has 0 aliphatic carbocycles. The molecule has 0 bridgehead atoms. The van der Waals surface area contributed by atoms with E-state index < -0.39 is 0 Å². The second-order valence-electron chi connectivity index (χ2n) is 22.2. The summed E-state index contributed by atoms with van der Waals surface area (Å²) in [7, 11) is 0. The maximum absolute atomic E-state index is 6.26. The third-order valence-corrected chi connectivity index (χ3v) is 17.6. The van der Waals surface area contributed by atoms with Crippen LogP contribution in [-0.4, -0.2) is 14.1 Å². The first kappa shape index (κ1) is 45.3. The van der Waals surface area contributed by atoms with Gasteiger partial charge in [-0.3, -0.25) is 4.57 Å². The molecule has 0 saturated heterocycles. The van der Waals surface area contributed by atoms with E-state index >= 15 is 0 Å². The SMILES string of the molecule is c1ccc2c(c1)oc1ccc(-c3ccc4c(c3)c3cc(-c5ccc6oc7ccccc7c6c5)ccc3n4-c3ccc(-n4c5ccc(-c6ccc7oc8ccccc8c7c6)cc5c5cc(-c6ccc7oc8ccccc8c7c6)ccc54)nc3)cc12. The zero-order valence-electron chi connectivity index (χ0n) is 44.8. The topological polar surface area (TPSA) is 75.3 Å². The third-order valence-electron chi connectivity index (χ3n) is 17.6. The van der Waals surface area contributed by atoms with Crippen LogP contribution in [0.15, 0.2) is 279 Å². The minimum atomic E-state index is 0.825. The van der Waals surface area contributed by atoms with Gasteiger partial charge in [-0.1, -0.05) is 121 Å². The van der Waals surface area contributed by atoms with Crippen molar-refractivity contribution in [3.8, 4) is 56.0 Å². The number of nitrogens with zero attached hydrogens (tertiary/aromatic N) is 3. The first-order chi connectivity index (χ1) is 41.6. The second kappa shape index (κ2) is 17.1. The highest BCUT2D eigenvalue weighted by molar-refractivity contribution is 6.15. The summed E-state index contributed by atoms with van der Waals surface area (Å²) in [5, 5.41) is 13.4. The van der Waals surface area contributed by atoms with Crippen LogP contribution in [0.4, 0.5) is 0 Å². The van der Waals surface area contributed by atoms with E-state index in [1.807, 2.05) is 54.7 Å². The molecule has 0 aliphatic heterocycles. The average molecular weight is 1070 g/mol. The molecule has 0 unspecified atom stereocenters. The van der Waals surface area contributed by atoms with E-state index in [0.29, 0.717) is 0 Å². The third kappa shape index (κ3) is 6.66. The molecule has 12 aromatic carbocycles. The van der Waals surface area contributed by atoms with Crippen molar-refractivity contribution in [1.82, 2.24) is 14.1 Å². The maximum atomic E-state index is 6.26. The predicted molar refractivity (Wildman–Crippen MR) is 344 cm³/mol. The Labute approximate surface area is 477 Å². The van der Waals surface area contributed by atoms with Gasteiger partial charge in [0.05, 0.1) is 34.0 Å². The zero-order valence-corrected chi connectivity index (χ0v) is 44.8. The Balaban J connectivity index is 0.773. The molecule has 0 spiro atoms. The van der Waals surface area contributed by atoms with Crippen molar-refractivity contribution in [2.75, 3.05) is 0 Å². The van der Waals surface area contributed by atoms with Crippen molar-refractivity contribution in [2.24, 2.45) is 0 Å². The molecule has 7 nitrogen and oxygen atoms in total. The van der Waals surface area contributed by atoms with Gasteiger partial charge in [0.1, 0.15) is 50.5 Å². The van der Waals surface area contributed by atoms with E-state index in [-0.39, 0.29) is 0 Å². The number of aromatic nitrogens is 3. The molecule has 0 aliphatic rings. The van der Waals surface area contributed by atoms with Crippen molar-refractivity contribution in [1.29, 1.82) is 0 Å². The number of furan rings is 4. The smallest absolute Gasteiger partial charge is 0.137 e. The normalized spacial score (nSPS) is 12.3. The van der Waals surface area contributed by atoms with Crippen molar-refractivity contribution >= 4 is 131 Å². The Hall–Kier alpha value is -11.4. The van der Waals surface area contributed by atoms with Gasteiger partial charge in [-0.05, 0) is 178 Å². The summed E-state index contributed by atoms with van der Waals surface area (Å²) in [6, 6.07) is 90.9. The van der Waals surface area contributed by atoms with Gasteiger partial charge < -0.3 is 22.2 Å². The lowest BCUT2D eigenvalue weighted by molar-refractivity contribution is 0.668. The first-order valence-electron chi connectivity index (χ1n) is 28.4. The summed E-state index contributed by atoms with van der Waals surface area (Å²) in [5.74, 6) is 0.825. The quantitative estimate of drug-likeness (QED) is 0.166. The second-order valence-corrected chi connectivity index (χ2v) is 22.2. The van der Waals surface area contributed by atoms with Gasteiger partial charge in [-0.2, -0.15) is 0 Å². The number of rotatable bonds is 6. The summed E-state index contributed by atoms with van der Waals surface area (Å²) in [4.78, 5) is 5.40. The van der Waals surface area contributed by atoms with Gasteiger partial charge in [0, 0.05) is 64.6 Å². The monoisotopic (exact) mass is 1070 g/mol.